The van der Waals surface area contributed by atoms with Crippen LogP contribution in [0, 0.1) is 5.92 Å². The zero-order chi connectivity index (χ0) is 13.3. The second kappa shape index (κ2) is 9.61. The molecule has 1 heterocycles. The molecule has 20 heavy (non-hydrogen) atoms. The molecule has 0 bridgehead atoms. The van der Waals surface area contributed by atoms with Crippen molar-refractivity contribution < 1.29 is 9.53 Å². The molecule has 1 aromatic rings. The van der Waals surface area contributed by atoms with Gasteiger partial charge >= 0.3 is 0 Å². The fraction of sp³-hybridized carbons (Fsp3) is 0.533. The largest absolute Gasteiger partial charge is 0.484 e. The molecule has 1 unspecified atom stereocenters. The summed E-state index contributed by atoms with van der Waals surface area (Å²) in [6.45, 7) is 3.04. The number of para-hydroxylation sites is 1. The van der Waals surface area contributed by atoms with Crippen LogP contribution in [0.15, 0.2) is 30.3 Å². The van der Waals surface area contributed by atoms with E-state index < -0.39 is 0 Å². The third-order valence-electron chi connectivity index (χ3n) is 3.39. The highest BCUT2D eigenvalue weighted by Crippen LogP contribution is 2.12. The Kier molecular flexibility index (Phi) is 8.07. The first-order valence-corrected chi connectivity index (χ1v) is 7.00. The van der Waals surface area contributed by atoms with Crippen LogP contribution < -0.4 is 15.4 Å². The molecule has 5 heteroatoms. The summed E-state index contributed by atoms with van der Waals surface area (Å²) in [5, 5.41) is 6.29. The zero-order valence-corrected chi connectivity index (χ0v) is 12.5. The molecule has 0 aromatic heterocycles. The molecule has 1 aliphatic rings. The number of carbonyl (C=O) groups excluding carboxylic acids is 1. The number of hydrogen-bond donors (Lipinski definition) is 2. The number of amides is 1. The number of ether oxygens (including phenoxy) is 1. The molecule has 4 nitrogen and oxygen atoms in total. The molecular formula is C15H23ClN2O2. The lowest BCUT2D eigenvalue weighted by molar-refractivity contribution is -0.123. The Labute approximate surface area is 126 Å². The van der Waals surface area contributed by atoms with Gasteiger partial charge in [-0.3, -0.25) is 4.79 Å². The average Bonchev–Trinajstić information content (AvgIpc) is 2.47. The third-order valence-corrected chi connectivity index (χ3v) is 3.39. The van der Waals surface area contributed by atoms with Crippen LogP contribution in [0.4, 0.5) is 0 Å². The van der Waals surface area contributed by atoms with E-state index in [2.05, 4.69) is 10.6 Å². The van der Waals surface area contributed by atoms with E-state index in [1.807, 2.05) is 30.3 Å². The predicted octanol–water partition coefficient (Wildman–Crippen LogP) is 1.99. The maximum atomic E-state index is 11.6. The lowest BCUT2D eigenvalue weighted by Crippen LogP contribution is -2.34. The third kappa shape index (κ3) is 6.26. The first kappa shape index (κ1) is 16.8. The van der Waals surface area contributed by atoms with Gasteiger partial charge in [0.15, 0.2) is 6.61 Å². The average molecular weight is 299 g/mol. The number of piperidine rings is 1. The highest BCUT2D eigenvalue weighted by molar-refractivity contribution is 5.85. The van der Waals surface area contributed by atoms with Gasteiger partial charge in [-0.15, -0.1) is 12.4 Å². The molecule has 2 N–H and O–H groups in total. The number of halogens is 1. The summed E-state index contributed by atoms with van der Waals surface area (Å²) in [6.07, 6.45) is 3.56. The minimum atomic E-state index is -0.0485. The van der Waals surface area contributed by atoms with Gasteiger partial charge in [-0.2, -0.15) is 0 Å². The second-order valence-corrected chi connectivity index (χ2v) is 4.95. The van der Waals surface area contributed by atoms with Crippen molar-refractivity contribution in [1.29, 1.82) is 0 Å². The van der Waals surface area contributed by atoms with Crippen LogP contribution in [-0.2, 0) is 4.79 Å². The van der Waals surface area contributed by atoms with E-state index in [-0.39, 0.29) is 24.9 Å². The van der Waals surface area contributed by atoms with Crippen molar-refractivity contribution >= 4 is 18.3 Å². The Bertz CT molecular complexity index is 381. The number of rotatable bonds is 6. The van der Waals surface area contributed by atoms with Gasteiger partial charge in [0, 0.05) is 6.54 Å². The summed E-state index contributed by atoms with van der Waals surface area (Å²) in [6, 6.07) is 9.40. The number of carbonyl (C=O) groups is 1. The molecule has 1 atom stereocenters. The Balaban J connectivity index is 0.00000200. The number of nitrogens with one attached hydrogen (secondary N) is 2. The molecule has 0 aliphatic carbocycles. The maximum Gasteiger partial charge on any atom is 0.257 e. The smallest absolute Gasteiger partial charge is 0.257 e. The Morgan fingerprint density at radius 1 is 1.35 bits per heavy atom. The summed E-state index contributed by atoms with van der Waals surface area (Å²) < 4.78 is 5.39. The maximum absolute atomic E-state index is 11.6. The molecule has 2 rings (SSSR count). The summed E-state index contributed by atoms with van der Waals surface area (Å²) in [5.41, 5.74) is 0. The minimum absolute atomic E-state index is 0. The van der Waals surface area contributed by atoms with Gasteiger partial charge < -0.3 is 15.4 Å². The quantitative estimate of drug-likeness (QED) is 0.844. The van der Waals surface area contributed by atoms with Gasteiger partial charge in [0.05, 0.1) is 0 Å². The fourth-order valence-electron chi connectivity index (χ4n) is 2.30. The van der Waals surface area contributed by atoms with E-state index >= 15 is 0 Å². The fourth-order valence-corrected chi connectivity index (χ4v) is 2.30. The highest BCUT2D eigenvalue weighted by Gasteiger charge is 2.12. The van der Waals surface area contributed by atoms with E-state index in [0.717, 1.165) is 31.8 Å². The Morgan fingerprint density at radius 3 is 2.85 bits per heavy atom. The standard InChI is InChI=1S/C15H22N2O2.ClH/c18-15(12-19-14-6-2-1-3-7-14)17-10-8-13-5-4-9-16-11-13;/h1-3,6-7,13,16H,4-5,8-12H2,(H,17,18);1H. The summed E-state index contributed by atoms with van der Waals surface area (Å²) >= 11 is 0. The molecule has 0 saturated carbocycles. The summed E-state index contributed by atoms with van der Waals surface area (Å²) in [4.78, 5) is 11.6. The molecular weight excluding hydrogens is 276 g/mol. The van der Waals surface area contributed by atoms with E-state index in [1.54, 1.807) is 0 Å². The molecule has 1 fully saturated rings. The first-order chi connectivity index (χ1) is 9.34. The van der Waals surface area contributed by atoms with Crippen LogP contribution in [0.25, 0.3) is 0 Å². The molecule has 0 spiro atoms. The summed E-state index contributed by atoms with van der Waals surface area (Å²) in [5.74, 6) is 1.38. The SMILES string of the molecule is Cl.O=C(COc1ccccc1)NCCC1CCCNC1. The topological polar surface area (TPSA) is 50.4 Å². The molecule has 0 radical (unpaired) electrons. The van der Waals surface area contributed by atoms with Crippen molar-refractivity contribution in [2.24, 2.45) is 5.92 Å². The van der Waals surface area contributed by atoms with Gasteiger partial charge in [-0.25, -0.2) is 0 Å². The van der Waals surface area contributed by atoms with Crippen LogP contribution in [0.5, 0.6) is 5.75 Å². The number of hydrogen-bond acceptors (Lipinski definition) is 3. The Hall–Kier alpha value is -1.26. The van der Waals surface area contributed by atoms with Crippen molar-refractivity contribution in [3.8, 4) is 5.75 Å². The monoisotopic (exact) mass is 298 g/mol. The van der Waals surface area contributed by atoms with E-state index in [1.165, 1.54) is 12.8 Å². The van der Waals surface area contributed by atoms with Crippen LogP contribution in [0.2, 0.25) is 0 Å². The molecule has 112 valence electrons. The van der Waals surface area contributed by atoms with Crippen molar-refractivity contribution in [2.75, 3.05) is 26.2 Å². The Morgan fingerprint density at radius 2 is 2.15 bits per heavy atom. The van der Waals surface area contributed by atoms with Crippen molar-refractivity contribution in [3.63, 3.8) is 0 Å². The molecule has 1 aromatic carbocycles. The lowest BCUT2D eigenvalue weighted by atomic mass is 9.96. The van der Waals surface area contributed by atoms with Crippen molar-refractivity contribution in [1.82, 2.24) is 10.6 Å². The highest BCUT2D eigenvalue weighted by atomic mass is 35.5. The minimum Gasteiger partial charge on any atom is -0.484 e. The first-order valence-electron chi connectivity index (χ1n) is 7.00. The molecule has 1 amide bonds. The van der Waals surface area contributed by atoms with Crippen LogP contribution in [-0.4, -0.2) is 32.1 Å². The number of benzene rings is 1. The summed E-state index contributed by atoms with van der Waals surface area (Å²) in [7, 11) is 0. The van der Waals surface area contributed by atoms with Gasteiger partial charge in [-0.1, -0.05) is 18.2 Å². The normalized spacial score (nSPS) is 17.9. The zero-order valence-electron chi connectivity index (χ0n) is 11.6. The molecule has 1 saturated heterocycles. The van der Waals surface area contributed by atoms with Crippen LogP contribution in [0.1, 0.15) is 19.3 Å². The predicted molar refractivity (Wildman–Crippen MR) is 82.4 cm³/mol. The van der Waals surface area contributed by atoms with Gasteiger partial charge in [0.25, 0.3) is 5.91 Å². The van der Waals surface area contributed by atoms with Gasteiger partial charge in [0.1, 0.15) is 5.75 Å². The van der Waals surface area contributed by atoms with Crippen molar-refractivity contribution in [3.05, 3.63) is 30.3 Å². The molecule has 1 aliphatic heterocycles. The van der Waals surface area contributed by atoms with Gasteiger partial charge in [-0.05, 0) is 50.4 Å². The van der Waals surface area contributed by atoms with Crippen molar-refractivity contribution in [2.45, 2.75) is 19.3 Å². The van der Waals surface area contributed by atoms with Crippen LogP contribution in [0.3, 0.4) is 0 Å². The van der Waals surface area contributed by atoms with E-state index in [9.17, 15) is 4.79 Å². The van der Waals surface area contributed by atoms with E-state index in [4.69, 9.17) is 4.74 Å². The lowest BCUT2D eigenvalue weighted by Gasteiger charge is -2.22. The van der Waals surface area contributed by atoms with E-state index in [0.29, 0.717) is 5.92 Å². The van der Waals surface area contributed by atoms with Gasteiger partial charge in [0.2, 0.25) is 0 Å². The van der Waals surface area contributed by atoms with Crippen LogP contribution >= 0.6 is 12.4 Å². The second-order valence-electron chi connectivity index (χ2n) is 4.95.